The number of hydrogen-bond donors (Lipinski definition) is 2. The van der Waals surface area contributed by atoms with E-state index in [0.29, 0.717) is 25.9 Å². The summed E-state index contributed by atoms with van der Waals surface area (Å²) in [6.45, 7) is -0.752. The largest absolute Gasteiger partial charge is 0.405 e. The second kappa shape index (κ2) is 8.83. The molecule has 3 amide bonds. The second-order valence-electron chi connectivity index (χ2n) is 6.22. The van der Waals surface area contributed by atoms with Crippen LogP contribution in [-0.2, 0) is 9.59 Å². The maximum atomic E-state index is 13.7. The van der Waals surface area contributed by atoms with Crippen LogP contribution < -0.4 is 10.6 Å². The van der Waals surface area contributed by atoms with Gasteiger partial charge in [-0.1, -0.05) is 12.1 Å². The summed E-state index contributed by atoms with van der Waals surface area (Å²) in [4.78, 5) is 36.6. The van der Waals surface area contributed by atoms with Crippen LogP contribution in [0.4, 0.5) is 17.6 Å². The molecule has 27 heavy (non-hydrogen) atoms. The number of halogens is 4. The van der Waals surface area contributed by atoms with Crippen molar-refractivity contribution in [2.24, 2.45) is 5.92 Å². The summed E-state index contributed by atoms with van der Waals surface area (Å²) in [6.07, 6.45) is -3.55. The third kappa shape index (κ3) is 6.22. The summed E-state index contributed by atoms with van der Waals surface area (Å²) in [6, 6.07) is 5.68. The zero-order valence-electron chi connectivity index (χ0n) is 14.3. The molecule has 148 valence electrons. The van der Waals surface area contributed by atoms with Crippen LogP contribution >= 0.6 is 0 Å². The molecular weight excluding hydrogens is 370 g/mol. The number of carbonyl (C=O) groups is 3. The fourth-order valence-corrected chi connectivity index (χ4v) is 2.72. The molecule has 0 atom stereocenters. The minimum atomic E-state index is -4.59. The standard InChI is InChI=1S/C17H19F4N3O3/c18-13-4-2-1-3-12(13)16(27)24-7-5-11(6-8-24)9-22-14(25)15(26)23-10-17(19,20)21/h1-4,11H,5-10H2,(H,22,25)(H,23,26). The van der Waals surface area contributed by atoms with Gasteiger partial charge in [0.15, 0.2) is 0 Å². The molecule has 0 aliphatic carbocycles. The van der Waals surface area contributed by atoms with Crippen molar-refractivity contribution in [3.05, 3.63) is 35.6 Å². The number of nitrogens with one attached hydrogen (secondary N) is 2. The SMILES string of the molecule is O=C(NCC1CCN(C(=O)c2ccccc2F)CC1)C(=O)NCC(F)(F)F. The van der Waals surface area contributed by atoms with Gasteiger partial charge in [0, 0.05) is 19.6 Å². The molecule has 0 saturated carbocycles. The van der Waals surface area contributed by atoms with E-state index >= 15 is 0 Å². The van der Waals surface area contributed by atoms with Gasteiger partial charge in [-0.2, -0.15) is 13.2 Å². The Labute approximate surface area is 152 Å². The first kappa shape index (κ1) is 20.7. The number of piperidine rings is 1. The topological polar surface area (TPSA) is 78.5 Å². The van der Waals surface area contributed by atoms with Gasteiger partial charge in [-0.15, -0.1) is 0 Å². The summed E-state index contributed by atoms with van der Waals surface area (Å²) >= 11 is 0. The van der Waals surface area contributed by atoms with E-state index in [-0.39, 0.29) is 18.0 Å². The molecule has 10 heteroatoms. The van der Waals surface area contributed by atoms with E-state index in [9.17, 15) is 31.9 Å². The monoisotopic (exact) mass is 389 g/mol. The zero-order valence-corrected chi connectivity index (χ0v) is 14.3. The number of alkyl halides is 3. The molecule has 6 nitrogen and oxygen atoms in total. The number of carbonyl (C=O) groups excluding carboxylic acids is 3. The minimum absolute atomic E-state index is 0.00871. The highest BCUT2D eigenvalue weighted by Gasteiger charge is 2.30. The average molecular weight is 389 g/mol. The van der Waals surface area contributed by atoms with Gasteiger partial charge in [-0.3, -0.25) is 14.4 Å². The maximum absolute atomic E-state index is 13.7. The predicted octanol–water partition coefficient (Wildman–Crippen LogP) is 1.47. The molecule has 1 aliphatic rings. The van der Waals surface area contributed by atoms with E-state index < -0.39 is 36.3 Å². The minimum Gasteiger partial charge on any atom is -0.348 e. The Balaban J connectivity index is 1.74. The Morgan fingerprint density at radius 3 is 2.22 bits per heavy atom. The van der Waals surface area contributed by atoms with Gasteiger partial charge in [0.05, 0.1) is 5.56 Å². The van der Waals surface area contributed by atoms with Crippen LogP contribution in [0.1, 0.15) is 23.2 Å². The molecule has 1 aromatic carbocycles. The zero-order chi connectivity index (χ0) is 20.0. The molecule has 1 aliphatic heterocycles. The second-order valence-corrected chi connectivity index (χ2v) is 6.22. The quantitative estimate of drug-likeness (QED) is 0.605. The molecule has 0 radical (unpaired) electrons. The van der Waals surface area contributed by atoms with E-state index in [1.165, 1.54) is 28.4 Å². The molecule has 1 heterocycles. The van der Waals surface area contributed by atoms with Crippen LogP contribution in [0.25, 0.3) is 0 Å². The Hall–Kier alpha value is -2.65. The smallest absolute Gasteiger partial charge is 0.348 e. The van der Waals surface area contributed by atoms with Crippen molar-refractivity contribution in [1.82, 2.24) is 15.5 Å². The highest BCUT2D eigenvalue weighted by molar-refractivity contribution is 6.35. The van der Waals surface area contributed by atoms with Gasteiger partial charge in [-0.25, -0.2) is 4.39 Å². The molecule has 1 fully saturated rings. The first-order chi connectivity index (χ1) is 12.7. The van der Waals surface area contributed by atoms with Gasteiger partial charge >= 0.3 is 18.0 Å². The van der Waals surface area contributed by atoms with Crippen molar-refractivity contribution >= 4 is 17.7 Å². The van der Waals surface area contributed by atoms with Crippen molar-refractivity contribution in [1.29, 1.82) is 0 Å². The first-order valence-electron chi connectivity index (χ1n) is 8.34. The van der Waals surface area contributed by atoms with Crippen molar-refractivity contribution in [3.63, 3.8) is 0 Å². The summed E-state index contributed by atoms with van der Waals surface area (Å²) in [5.41, 5.74) is -0.00871. The first-order valence-corrected chi connectivity index (χ1v) is 8.34. The van der Waals surface area contributed by atoms with Crippen LogP contribution in [0.5, 0.6) is 0 Å². The lowest BCUT2D eigenvalue weighted by Gasteiger charge is -2.32. The Morgan fingerprint density at radius 2 is 1.63 bits per heavy atom. The average Bonchev–Trinajstić information content (AvgIpc) is 2.64. The van der Waals surface area contributed by atoms with Crippen molar-refractivity contribution in [2.45, 2.75) is 19.0 Å². The third-order valence-corrected chi connectivity index (χ3v) is 4.21. The molecule has 0 bridgehead atoms. The summed E-state index contributed by atoms with van der Waals surface area (Å²) in [5, 5.41) is 3.78. The predicted molar refractivity (Wildman–Crippen MR) is 87.1 cm³/mol. The van der Waals surface area contributed by atoms with Crippen molar-refractivity contribution < 1.29 is 31.9 Å². The van der Waals surface area contributed by atoms with E-state index in [1.807, 2.05) is 0 Å². The van der Waals surface area contributed by atoms with Crippen LogP contribution in [0.15, 0.2) is 24.3 Å². The number of likely N-dealkylation sites (tertiary alicyclic amines) is 1. The van der Waals surface area contributed by atoms with Gasteiger partial charge in [0.2, 0.25) is 0 Å². The number of benzene rings is 1. The Kier molecular flexibility index (Phi) is 6.75. The van der Waals surface area contributed by atoms with E-state index in [4.69, 9.17) is 0 Å². The number of nitrogens with zero attached hydrogens (tertiary/aromatic N) is 1. The normalized spacial score (nSPS) is 15.3. The lowest BCUT2D eigenvalue weighted by atomic mass is 9.96. The molecule has 0 unspecified atom stereocenters. The molecule has 1 aromatic rings. The lowest BCUT2D eigenvalue weighted by molar-refractivity contribution is -0.146. The molecule has 2 rings (SSSR count). The maximum Gasteiger partial charge on any atom is 0.405 e. The lowest BCUT2D eigenvalue weighted by Crippen LogP contribution is -2.46. The van der Waals surface area contributed by atoms with E-state index in [1.54, 1.807) is 6.07 Å². The molecule has 2 N–H and O–H groups in total. The summed E-state index contributed by atoms with van der Waals surface area (Å²) < 4.78 is 49.7. The number of hydrogen-bond acceptors (Lipinski definition) is 3. The summed E-state index contributed by atoms with van der Waals surface area (Å²) in [5.74, 6) is -3.53. The fraction of sp³-hybridized carbons (Fsp3) is 0.471. The van der Waals surface area contributed by atoms with E-state index in [2.05, 4.69) is 5.32 Å². The highest BCUT2D eigenvalue weighted by atomic mass is 19.4. The molecule has 0 aromatic heterocycles. The van der Waals surface area contributed by atoms with Gasteiger partial charge in [0.25, 0.3) is 5.91 Å². The van der Waals surface area contributed by atoms with Crippen LogP contribution in [0, 0.1) is 11.7 Å². The van der Waals surface area contributed by atoms with Crippen molar-refractivity contribution in [2.75, 3.05) is 26.2 Å². The highest BCUT2D eigenvalue weighted by Crippen LogP contribution is 2.19. The van der Waals surface area contributed by atoms with E-state index in [0.717, 1.165) is 0 Å². The van der Waals surface area contributed by atoms with Crippen molar-refractivity contribution in [3.8, 4) is 0 Å². The Morgan fingerprint density at radius 1 is 1.04 bits per heavy atom. The summed E-state index contributed by atoms with van der Waals surface area (Å²) in [7, 11) is 0. The molecule has 0 spiro atoms. The van der Waals surface area contributed by atoms with Gasteiger partial charge in [-0.05, 0) is 30.9 Å². The fourth-order valence-electron chi connectivity index (χ4n) is 2.72. The van der Waals surface area contributed by atoms with Gasteiger partial charge in [0.1, 0.15) is 12.4 Å². The third-order valence-electron chi connectivity index (χ3n) is 4.21. The Bertz CT molecular complexity index is 701. The van der Waals surface area contributed by atoms with Crippen LogP contribution in [0.2, 0.25) is 0 Å². The number of amides is 3. The van der Waals surface area contributed by atoms with Crippen LogP contribution in [-0.4, -0.2) is 55.0 Å². The molecule has 1 saturated heterocycles. The number of rotatable bonds is 4. The van der Waals surface area contributed by atoms with Gasteiger partial charge < -0.3 is 15.5 Å². The molecular formula is C17H19F4N3O3. The van der Waals surface area contributed by atoms with Crippen LogP contribution in [0.3, 0.4) is 0 Å².